The monoisotopic (exact) mass is 403 g/mol. The van der Waals surface area contributed by atoms with E-state index in [2.05, 4.69) is 63.1 Å². The van der Waals surface area contributed by atoms with Crippen molar-refractivity contribution in [2.75, 3.05) is 31.1 Å². The summed E-state index contributed by atoms with van der Waals surface area (Å²) in [6.45, 7) is 5.74. The number of halogens is 1. The molecule has 5 nitrogen and oxygen atoms in total. The molecule has 1 heterocycles. The van der Waals surface area contributed by atoms with Crippen molar-refractivity contribution >= 4 is 34.6 Å². The second kappa shape index (κ2) is 9.90. The van der Waals surface area contributed by atoms with Crippen molar-refractivity contribution in [3.05, 3.63) is 64.7 Å². The molecule has 0 aliphatic carbocycles. The van der Waals surface area contributed by atoms with Gasteiger partial charge in [-0.3, -0.25) is 10.3 Å². The summed E-state index contributed by atoms with van der Waals surface area (Å²) < 4.78 is 0. The summed E-state index contributed by atoms with van der Waals surface area (Å²) in [4.78, 5) is 4.90. The first-order valence-corrected chi connectivity index (χ1v) is 9.98. The van der Waals surface area contributed by atoms with Crippen LogP contribution in [-0.2, 0) is 13.1 Å². The Morgan fingerprint density at radius 3 is 2.59 bits per heavy atom. The number of hydrogen-bond donors (Lipinski definition) is 3. The standard InChI is InChI=1S/C20H26ClN5S/c21-18-13-17(14-23-24-20(22)27)7-8-19(18)26-10-4-9-25(11-12-26)15-16-5-2-1-3-6-16/h1-3,5-8,13,23H,4,9-12,14-15H2,(H3,22,24,27). The largest absolute Gasteiger partial charge is 0.375 e. The second-order valence-corrected chi connectivity index (χ2v) is 7.58. The van der Waals surface area contributed by atoms with Crippen molar-refractivity contribution in [3.63, 3.8) is 0 Å². The number of rotatable bonds is 6. The zero-order valence-corrected chi connectivity index (χ0v) is 16.9. The lowest BCUT2D eigenvalue weighted by molar-refractivity contribution is 0.285. The average molecular weight is 404 g/mol. The Bertz CT molecular complexity index is 755. The summed E-state index contributed by atoms with van der Waals surface area (Å²) >= 11 is 11.3. The third kappa shape index (κ3) is 6.07. The maximum atomic E-state index is 6.57. The number of nitrogens with two attached hydrogens (primary N) is 1. The Kier molecular flexibility index (Phi) is 7.29. The number of thiocarbonyl (C=S) groups is 1. The summed E-state index contributed by atoms with van der Waals surface area (Å²) in [5, 5.41) is 1.00. The molecule has 1 aliphatic rings. The molecule has 0 amide bonds. The van der Waals surface area contributed by atoms with E-state index in [1.165, 1.54) is 5.56 Å². The van der Waals surface area contributed by atoms with E-state index < -0.39 is 0 Å². The molecule has 0 bridgehead atoms. The van der Waals surface area contributed by atoms with Gasteiger partial charge in [0.05, 0.1) is 10.7 Å². The van der Waals surface area contributed by atoms with E-state index in [9.17, 15) is 0 Å². The van der Waals surface area contributed by atoms with Crippen LogP contribution in [0, 0.1) is 0 Å². The molecule has 7 heteroatoms. The molecule has 1 saturated heterocycles. The van der Waals surface area contributed by atoms with Crippen LogP contribution in [0.4, 0.5) is 5.69 Å². The second-order valence-electron chi connectivity index (χ2n) is 6.73. The normalized spacial score (nSPS) is 15.4. The SMILES string of the molecule is NC(=S)NNCc1ccc(N2CCCN(Cc3ccccc3)CC2)c(Cl)c1. The van der Waals surface area contributed by atoms with Gasteiger partial charge in [-0.2, -0.15) is 0 Å². The van der Waals surface area contributed by atoms with Gasteiger partial charge in [0.2, 0.25) is 0 Å². The van der Waals surface area contributed by atoms with Gasteiger partial charge in [0.25, 0.3) is 0 Å². The van der Waals surface area contributed by atoms with E-state index in [-0.39, 0.29) is 5.11 Å². The molecular formula is C20H26ClN5S. The average Bonchev–Trinajstić information content (AvgIpc) is 2.88. The maximum absolute atomic E-state index is 6.57. The minimum absolute atomic E-state index is 0.224. The van der Waals surface area contributed by atoms with Crippen LogP contribution in [-0.4, -0.2) is 36.2 Å². The van der Waals surface area contributed by atoms with Gasteiger partial charge in [-0.25, -0.2) is 5.43 Å². The lowest BCUT2D eigenvalue weighted by Gasteiger charge is -2.25. The third-order valence-electron chi connectivity index (χ3n) is 4.69. The van der Waals surface area contributed by atoms with Crippen molar-refractivity contribution in [1.29, 1.82) is 0 Å². The van der Waals surface area contributed by atoms with Gasteiger partial charge in [0.15, 0.2) is 5.11 Å². The highest BCUT2D eigenvalue weighted by molar-refractivity contribution is 7.80. The Morgan fingerprint density at radius 1 is 1.04 bits per heavy atom. The quantitative estimate of drug-likeness (QED) is 0.509. The molecule has 4 N–H and O–H groups in total. The van der Waals surface area contributed by atoms with E-state index in [0.717, 1.165) is 55.4 Å². The number of nitrogens with zero attached hydrogens (tertiary/aromatic N) is 2. The zero-order chi connectivity index (χ0) is 19.1. The number of nitrogens with one attached hydrogen (secondary N) is 2. The maximum Gasteiger partial charge on any atom is 0.178 e. The van der Waals surface area contributed by atoms with Crippen LogP contribution in [0.1, 0.15) is 17.5 Å². The minimum Gasteiger partial charge on any atom is -0.375 e. The van der Waals surface area contributed by atoms with Crippen LogP contribution in [0.3, 0.4) is 0 Å². The molecule has 1 fully saturated rings. The summed E-state index contributed by atoms with van der Waals surface area (Å²) in [6.07, 6.45) is 1.13. The highest BCUT2D eigenvalue weighted by atomic mass is 35.5. The third-order valence-corrected chi connectivity index (χ3v) is 5.10. The Labute approximate surface area is 171 Å². The lowest BCUT2D eigenvalue weighted by Crippen LogP contribution is -2.40. The van der Waals surface area contributed by atoms with Crippen LogP contribution in [0.25, 0.3) is 0 Å². The highest BCUT2D eigenvalue weighted by Gasteiger charge is 2.17. The molecule has 144 valence electrons. The fraction of sp³-hybridized carbons (Fsp3) is 0.350. The van der Waals surface area contributed by atoms with Crippen molar-refractivity contribution in [2.24, 2.45) is 5.73 Å². The van der Waals surface area contributed by atoms with Crippen molar-refractivity contribution in [2.45, 2.75) is 19.5 Å². The van der Waals surface area contributed by atoms with E-state index in [1.54, 1.807) is 0 Å². The molecule has 2 aromatic carbocycles. The predicted octanol–water partition coefficient (Wildman–Crippen LogP) is 2.89. The first-order valence-electron chi connectivity index (χ1n) is 9.20. The zero-order valence-electron chi connectivity index (χ0n) is 15.3. The number of benzene rings is 2. The molecule has 0 saturated carbocycles. The molecule has 0 aromatic heterocycles. The van der Waals surface area contributed by atoms with Crippen LogP contribution in [0.5, 0.6) is 0 Å². The molecule has 27 heavy (non-hydrogen) atoms. The molecule has 0 spiro atoms. The summed E-state index contributed by atoms with van der Waals surface area (Å²) in [7, 11) is 0. The number of hydrogen-bond acceptors (Lipinski definition) is 4. The fourth-order valence-electron chi connectivity index (χ4n) is 3.36. The summed E-state index contributed by atoms with van der Waals surface area (Å²) in [6, 6.07) is 16.8. The van der Waals surface area contributed by atoms with Crippen LogP contribution < -0.4 is 21.5 Å². The Morgan fingerprint density at radius 2 is 1.85 bits per heavy atom. The summed E-state index contributed by atoms with van der Waals surface area (Å²) in [5.74, 6) is 0. The Balaban J connectivity index is 1.57. The first-order chi connectivity index (χ1) is 13.1. The van der Waals surface area contributed by atoms with E-state index in [1.807, 2.05) is 6.07 Å². The smallest absolute Gasteiger partial charge is 0.178 e. The van der Waals surface area contributed by atoms with Gasteiger partial charge in [0, 0.05) is 39.3 Å². The predicted molar refractivity (Wildman–Crippen MR) is 117 cm³/mol. The first kappa shape index (κ1) is 19.9. The van der Waals surface area contributed by atoms with Crippen LogP contribution in [0.15, 0.2) is 48.5 Å². The van der Waals surface area contributed by atoms with Crippen molar-refractivity contribution in [3.8, 4) is 0 Å². The van der Waals surface area contributed by atoms with Gasteiger partial charge in [-0.05, 0) is 41.9 Å². The van der Waals surface area contributed by atoms with E-state index in [4.69, 9.17) is 29.6 Å². The fourth-order valence-corrected chi connectivity index (χ4v) is 3.76. The van der Waals surface area contributed by atoms with E-state index >= 15 is 0 Å². The topological polar surface area (TPSA) is 56.6 Å². The summed E-state index contributed by atoms with van der Waals surface area (Å²) in [5.41, 5.74) is 14.6. The molecule has 1 aliphatic heterocycles. The number of anilines is 1. The van der Waals surface area contributed by atoms with Gasteiger partial charge in [0.1, 0.15) is 0 Å². The van der Waals surface area contributed by atoms with Gasteiger partial charge in [-0.1, -0.05) is 48.0 Å². The Hall–Kier alpha value is -1.86. The van der Waals surface area contributed by atoms with Crippen LogP contribution >= 0.6 is 23.8 Å². The van der Waals surface area contributed by atoms with Gasteiger partial charge < -0.3 is 10.6 Å². The molecule has 0 radical (unpaired) electrons. The van der Waals surface area contributed by atoms with Crippen molar-refractivity contribution in [1.82, 2.24) is 15.8 Å². The van der Waals surface area contributed by atoms with Crippen molar-refractivity contribution < 1.29 is 0 Å². The minimum atomic E-state index is 0.224. The molecule has 0 unspecified atom stereocenters. The molecule has 3 rings (SSSR count). The highest BCUT2D eigenvalue weighted by Crippen LogP contribution is 2.28. The lowest BCUT2D eigenvalue weighted by atomic mass is 10.2. The molecule has 0 atom stereocenters. The molecular weight excluding hydrogens is 378 g/mol. The molecule has 2 aromatic rings. The van der Waals surface area contributed by atoms with E-state index in [0.29, 0.717) is 6.54 Å². The van der Waals surface area contributed by atoms with Crippen LogP contribution in [0.2, 0.25) is 5.02 Å². The number of hydrazine groups is 1. The van der Waals surface area contributed by atoms with Gasteiger partial charge in [-0.15, -0.1) is 0 Å². The van der Waals surface area contributed by atoms with Gasteiger partial charge >= 0.3 is 0 Å².